The number of aryl methyl sites for hydroxylation is 1. The zero-order valence-corrected chi connectivity index (χ0v) is 8.43. The lowest BCUT2D eigenvalue weighted by atomic mass is 9.97. The van der Waals surface area contributed by atoms with Crippen LogP contribution < -0.4 is 5.32 Å². The van der Waals surface area contributed by atoms with Gasteiger partial charge in [-0.25, -0.2) is 0 Å². The van der Waals surface area contributed by atoms with E-state index in [-0.39, 0.29) is 0 Å². The van der Waals surface area contributed by atoms with Gasteiger partial charge >= 0.3 is 0 Å². The molecular weight excluding hydrogens is 162 g/mol. The highest BCUT2D eigenvalue weighted by Gasteiger charge is 2.18. The molecule has 2 rings (SSSR count). The first-order chi connectivity index (χ1) is 6.33. The van der Waals surface area contributed by atoms with Crippen molar-refractivity contribution in [1.82, 2.24) is 9.78 Å². The van der Waals surface area contributed by atoms with Gasteiger partial charge in [-0.3, -0.25) is 4.68 Å². The van der Waals surface area contributed by atoms with E-state index in [0.29, 0.717) is 0 Å². The second kappa shape index (κ2) is 3.40. The first-order valence-corrected chi connectivity index (χ1v) is 5.11. The molecule has 0 bridgehead atoms. The standard InChI is InChI=1S/C10H17N3/c1-3-11-10-8-6-4-5-7-9(8)13(2)12-10/h3-7H2,1-2H3,(H,11,12). The van der Waals surface area contributed by atoms with E-state index in [9.17, 15) is 0 Å². The Morgan fingerprint density at radius 2 is 2.15 bits per heavy atom. The lowest BCUT2D eigenvalue weighted by Crippen LogP contribution is -2.06. The molecule has 0 atom stereocenters. The number of nitrogens with one attached hydrogen (secondary N) is 1. The average Bonchev–Trinajstić information content (AvgIpc) is 2.46. The zero-order chi connectivity index (χ0) is 9.26. The third-order valence-electron chi connectivity index (χ3n) is 2.71. The summed E-state index contributed by atoms with van der Waals surface area (Å²) in [6.45, 7) is 3.08. The van der Waals surface area contributed by atoms with Crippen molar-refractivity contribution in [1.29, 1.82) is 0 Å². The van der Waals surface area contributed by atoms with Crippen molar-refractivity contribution in [2.75, 3.05) is 11.9 Å². The van der Waals surface area contributed by atoms with Crippen LogP contribution in [-0.4, -0.2) is 16.3 Å². The van der Waals surface area contributed by atoms with Crippen LogP contribution in [0.1, 0.15) is 31.0 Å². The van der Waals surface area contributed by atoms with Crippen LogP contribution in [0, 0.1) is 0 Å². The van der Waals surface area contributed by atoms with E-state index in [1.165, 1.54) is 36.9 Å². The SMILES string of the molecule is CCNc1nn(C)c2c1CCCC2. The number of aromatic nitrogens is 2. The molecular formula is C10H17N3. The normalized spacial score (nSPS) is 15.5. The largest absolute Gasteiger partial charge is 0.369 e. The van der Waals surface area contributed by atoms with Crippen LogP contribution in [0.3, 0.4) is 0 Å². The minimum absolute atomic E-state index is 0.962. The van der Waals surface area contributed by atoms with Gasteiger partial charge in [0.05, 0.1) is 0 Å². The molecule has 1 aromatic rings. The molecule has 0 saturated heterocycles. The molecule has 1 N–H and O–H groups in total. The van der Waals surface area contributed by atoms with Gasteiger partial charge in [0, 0.05) is 24.8 Å². The minimum atomic E-state index is 0.962. The Hall–Kier alpha value is -0.990. The molecule has 0 spiro atoms. The van der Waals surface area contributed by atoms with Gasteiger partial charge in [-0.2, -0.15) is 5.10 Å². The topological polar surface area (TPSA) is 29.9 Å². The number of nitrogens with zero attached hydrogens (tertiary/aromatic N) is 2. The van der Waals surface area contributed by atoms with Gasteiger partial charge in [0.1, 0.15) is 0 Å². The van der Waals surface area contributed by atoms with Crippen LogP contribution >= 0.6 is 0 Å². The Morgan fingerprint density at radius 1 is 1.38 bits per heavy atom. The van der Waals surface area contributed by atoms with E-state index in [1.807, 2.05) is 11.7 Å². The van der Waals surface area contributed by atoms with Crippen LogP contribution in [0.4, 0.5) is 5.82 Å². The van der Waals surface area contributed by atoms with Crippen LogP contribution in [-0.2, 0) is 19.9 Å². The van der Waals surface area contributed by atoms with Crippen LogP contribution in [0.25, 0.3) is 0 Å². The predicted octanol–water partition coefficient (Wildman–Crippen LogP) is 1.73. The van der Waals surface area contributed by atoms with Gasteiger partial charge in [0.15, 0.2) is 5.82 Å². The van der Waals surface area contributed by atoms with Gasteiger partial charge in [-0.15, -0.1) is 0 Å². The highest BCUT2D eigenvalue weighted by Crippen LogP contribution is 2.26. The number of hydrogen-bond donors (Lipinski definition) is 1. The van der Waals surface area contributed by atoms with Gasteiger partial charge in [-0.1, -0.05) is 0 Å². The van der Waals surface area contributed by atoms with Gasteiger partial charge in [0.25, 0.3) is 0 Å². The van der Waals surface area contributed by atoms with Crippen LogP contribution in [0.5, 0.6) is 0 Å². The van der Waals surface area contributed by atoms with Crippen molar-refractivity contribution in [2.45, 2.75) is 32.6 Å². The summed E-state index contributed by atoms with van der Waals surface area (Å²) in [6.07, 6.45) is 5.03. The summed E-state index contributed by atoms with van der Waals surface area (Å²) in [6, 6.07) is 0. The van der Waals surface area contributed by atoms with E-state index >= 15 is 0 Å². The second-order valence-corrected chi connectivity index (χ2v) is 3.63. The van der Waals surface area contributed by atoms with Crippen molar-refractivity contribution in [2.24, 2.45) is 7.05 Å². The van der Waals surface area contributed by atoms with Gasteiger partial charge < -0.3 is 5.32 Å². The Kier molecular flexibility index (Phi) is 2.25. The lowest BCUT2D eigenvalue weighted by molar-refractivity contribution is 0.626. The van der Waals surface area contributed by atoms with Gasteiger partial charge in [-0.05, 0) is 32.6 Å². The predicted molar refractivity (Wildman–Crippen MR) is 54.0 cm³/mol. The summed E-state index contributed by atoms with van der Waals surface area (Å²) >= 11 is 0. The van der Waals surface area contributed by atoms with Gasteiger partial charge in [0.2, 0.25) is 0 Å². The fourth-order valence-corrected chi connectivity index (χ4v) is 2.08. The highest BCUT2D eigenvalue weighted by molar-refractivity contribution is 5.48. The van der Waals surface area contributed by atoms with Crippen molar-refractivity contribution in [3.63, 3.8) is 0 Å². The monoisotopic (exact) mass is 179 g/mol. The van der Waals surface area contributed by atoms with E-state index in [1.54, 1.807) is 0 Å². The molecule has 1 aliphatic carbocycles. The van der Waals surface area contributed by atoms with E-state index < -0.39 is 0 Å². The Balaban J connectivity index is 2.36. The summed E-state index contributed by atoms with van der Waals surface area (Å²) in [7, 11) is 2.05. The zero-order valence-electron chi connectivity index (χ0n) is 8.43. The summed E-state index contributed by atoms with van der Waals surface area (Å²) in [5, 5.41) is 7.81. The molecule has 3 heteroatoms. The summed E-state index contributed by atoms with van der Waals surface area (Å²) in [4.78, 5) is 0. The fourth-order valence-electron chi connectivity index (χ4n) is 2.08. The molecule has 0 unspecified atom stereocenters. The Morgan fingerprint density at radius 3 is 2.92 bits per heavy atom. The quantitative estimate of drug-likeness (QED) is 0.749. The molecule has 0 fully saturated rings. The first-order valence-electron chi connectivity index (χ1n) is 5.11. The van der Waals surface area contributed by atoms with E-state index in [0.717, 1.165) is 12.4 Å². The molecule has 0 amide bonds. The number of hydrogen-bond acceptors (Lipinski definition) is 2. The average molecular weight is 179 g/mol. The summed E-state index contributed by atoms with van der Waals surface area (Å²) in [5.41, 5.74) is 2.89. The molecule has 0 aliphatic heterocycles. The highest BCUT2D eigenvalue weighted by atomic mass is 15.3. The molecule has 1 aromatic heterocycles. The molecule has 0 aromatic carbocycles. The third-order valence-corrected chi connectivity index (χ3v) is 2.71. The smallest absolute Gasteiger partial charge is 0.151 e. The third kappa shape index (κ3) is 1.43. The molecule has 0 radical (unpaired) electrons. The summed E-state index contributed by atoms with van der Waals surface area (Å²) < 4.78 is 2.03. The molecule has 13 heavy (non-hydrogen) atoms. The maximum atomic E-state index is 4.49. The van der Waals surface area contributed by atoms with Crippen molar-refractivity contribution in [3.8, 4) is 0 Å². The number of anilines is 1. The van der Waals surface area contributed by atoms with Crippen LogP contribution in [0.2, 0.25) is 0 Å². The Bertz CT molecular complexity index is 301. The molecule has 1 aliphatic rings. The lowest BCUT2D eigenvalue weighted by Gasteiger charge is -2.12. The number of rotatable bonds is 2. The van der Waals surface area contributed by atoms with Crippen molar-refractivity contribution in [3.05, 3.63) is 11.3 Å². The summed E-state index contributed by atoms with van der Waals surface area (Å²) in [5.74, 6) is 1.11. The Labute approximate surface area is 79.1 Å². The molecule has 3 nitrogen and oxygen atoms in total. The molecule has 1 heterocycles. The van der Waals surface area contributed by atoms with Crippen molar-refractivity contribution < 1.29 is 0 Å². The minimum Gasteiger partial charge on any atom is -0.369 e. The first kappa shape index (κ1) is 8.60. The second-order valence-electron chi connectivity index (χ2n) is 3.63. The van der Waals surface area contributed by atoms with Crippen LogP contribution in [0.15, 0.2) is 0 Å². The fraction of sp³-hybridized carbons (Fsp3) is 0.700. The maximum Gasteiger partial charge on any atom is 0.151 e. The maximum absolute atomic E-state index is 4.49. The van der Waals surface area contributed by atoms with E-state index in [2.05, 4.69) is 17.3 Å². The molecule has 72 valence electrons. The number of fused-ring (bicyclic) bond motifs is 1. The van der Waals surface area contributed by atoms with Crippen molar-refractivity contribution >= 4 is 5.82 Å². The molecule has 0 saturated carbocycles. The van der Waals surface area contributed by atoms with E-state index in [4.69, 9.17) is 0 Å².